The Kier molecular flexibility index (Phi) is 3.77. The summed E-state index contributed by atoms with van der Waals surface area (Å²) in [5, 5.41) is 3.97. The lowest BCUT2D eigenvalue weighted by Crippen LogP contribution is -2.54. The Labute approximate surface area is 159 Å². The molecule has 0 aliphatic heterocycles. The number of hydrogen-bond donors (Lipinski definition) is 1. The molecule has 2 aromatic rings. The number of fused-ring (bicyclic) bond motifs is 2. The van der Waals surface area contributed by atoms with Crippen molar-refractivity contribution in [3.63, 3.8) is 0 Å². The Morgan fingerprint density at radius 2 is 2.16 bits per heavy atom. The molecule has 0 saturated heterocycles. The van der Waals surface area contributed by atoms with Gasteiger partial charge in [0, 0.05) is 33.8 Å². The third kappa shape index (κ3) is 2.10. The van der Waals surface area contributed by atoms with Crippen molar-refractivity contribution >= 4 is 39.9 Å². The standard InChI is InChI=1S/C21H23ClN2S/c1-5-21(4)16(22)9-14-18(19(21)24-11-25)12-10-23-15-8-6-7-13(17(12)15)20(14,2)3/h5-8,10,14,16,18-19,23H,1,9H2,2-4H3. The third-order valence-electron chi connectivity index (χ3n) is 6.89. The summed E-state index contributed by atoms with van der Waals surface area (Å²) in [6, 6.07) is 6.51. The highest BCUT2D eigenvalue weighted by molar-refractivity contribution is 7.78. The lowest BCUT2D eigenvalue weighted by atomic mass is 9.51. The molecule has 1 saturated carbocycles. The number of alkyl halides is 1. The number of thiocarbonyl (C=S) groups is 1. The fourth-order valence-electron chi connectivity index (χ4n) is 5.28. The fraction of sp³-hybridized carbons (Fsp3) is 0.476. The van der Waals surface area contributed by atoms with Crippen LogP contribution in [0.4, 0.5) is 0 Å². The predicted molar refractivity (Wildman–Crippen MR) is 109 cm³/mol. The van der Waals surface area contributed by atoms with Gasteiger partial charge in [0.1, 0.15) is 0 Å². The van der Waals surface area contributed by atoms with Crippen molar-refractivity contribution in [2.45, 2.75) is 49.9 Å². The van der Waals surface area contributed by atoms with Crippen LogP contribution in [0.2, 0.25) is 0 Å². The number of aromatic amines is 1. The summed E-state index contributed by atoms with van der Waals surface area (Å²) in [5.74, 6) is 0.654. The van der Waals surface area contributed by atoms with E-state index in [0.29, 0.717) is 5.92 Å². The van der Waals surface area contributed by atoms with E-state index in [1.54, 1.807) is 0 Å². The van der Waals surface area contributed by atoms with Gasteiger partial charge in [-0.3, -0.25) is 0 Å². The van der Waals surface area contributed by atoms with Crippen molar-refractivity contribution in [3.05, 3.63) is 48.2 Å². The molecule has 1 N–H and O–H groups in total. The maximum atomic E-state index is 6.90. The van der Waals surface area contributed by atoms with Crippen LogP contribution >= 0.6 is 23.8 Å². The van der Waals surface area contributed by atoms with Gasteiger partial charge in [0.05, 0.1) is 11.2 Å². The lowest BCUT2D eigenvalue weighted by molar-refractivity contribution is 0.108. The van der Waals surface area contributed by atoms with Crippen molar-refractivity contribution in [1.82, 2.24) is 4.98 Å². The summed E-state index contributed by atoms with van der Waals surface area (Å²) in [6.45, 7) is 10.9. The van der Waals surface area contributed by atoms with Gasteiger partial charge in [-0.05, 0) is 47.2 Å². The minimum Gasteiger partial charge on any atom is -0.361 e. The zero-order valence-corrected chi connectivity index (χ0v) is 16.4. The number of hydrogen-bond acceptors (Lipinski definition) is 2. The topological polar surface area (TPSA) is 28.1 Å². The number of aliphatic imine (C=N–C) groups is 1. The molecular formula is C21H23ClN2S. The van der Waals surface area contributed by atoms with E-state index in [4.69, 9.17) is 23.8 Å². The Bertz CT molecular complexity index is 908. The van der Waals surface area contributed by atoms with Crippen LogP contribution in [-0.4, -0.2) is 21.6 Å². The van der Waals surface area contributed by atoms with Crippen LogP contribution in [0.25, 0.3) is 10.9 Å². The van der Waals surface area contributed by atoms with Crippen LogP contribution < -0.4 is 0 Å². The Balaban J connectivity index is 2.04. The number of H-pyrrole nitrogens is 1. The molecule has 0 spiro atoms. The van der Waals surface area contributed by atoms with Crippen LogP contribution in [0.15, 0.2) is 42.0 Å². The largest absolute Gasteiger partial charge is 0.361 e. The highest BCUT2D eigenvalue weighted by Gasteiger charge is 2.57. The van der Waals surface area contributed by atoms with Gasteiger partial charge in [-0.15, -0.1) is 18.2 Å². The van der Waals surface area contributed by atoms with E-state index < -0.39 is 0 Å². The molecule has 1 aromatic carbocycles. The highest BCUT2D eigenvalue weighted by Crippen LogP contribution is 2.60. The van der Waals surface area contributed by atoms with Gasteiger partial charge in [0.2, 0.25) is 0 Å². The number of nitrogens with one attached hydrogen (secondary N) is 1. The van der Waals surface area contributed by atoms with Crippen LogP contribution in [-0.2, 0) is 5.41 Å². The fourth-order valence-corrected chi connectivity index (χ4v) is 5.81. The molecule has 1 heterocycles. The zero-order valence-electron chi connectivity index (χ0n) is 14.8. The van der Waals surface area contributed by atoms with Crippen molar-refractivity contribution in [3.8, 4) is 0 Å². The maximum Gasteiger partial charge on any atom is 0.0776 e. The van der Waals surface area contributed by atoms with Gasteiger partial charge in [-0.25, -0.2) is 4.99 Å². The van der Waals surface area contributed by atoms with Gasteiger partial charge in [-0.2, -0.15) is 0 Å². The molecule has 4 rings (SSSR count). The second kappa shape index (κ2) is 5.54. The summed E-state index contributed by atoms with van der Waals surface area (Å²) >= 11 is 11.9. The molecule has 0 amide bonds. The molecule has 25 heavy (non-hydrogen) atoms. The molecular weight excluding hydrogens is 348 g/mol. The Morgan fingerprint density at radius 1 is 1.40 bits per heavy atom. The molecule has 1 fully saturated rings. The van der Waals surface area contributed by atoms with E-state index in [2.05, 4.69) is 66.9 Å². The molecule has 2 aliphatic carbocycles. The Hall–Kier alpha value is -1.41. The molecule has 0 radical (unpaired) electrons. The molecule has 5 unspecified atom stereocenters. The number of nitrogens with zero attached hydrogens (tertiary/aromatic N) is 1. The van der Waals surface area contributed by atoms with Crippen molar-refractivity contribution in [2.24, 2.45) is 16.3 Å². The second-order valence-corrected chi connectivity index (χ2v) is 8.97. The normalized spacial score (nSPS) is 35.7. The first kappa shape index (κ1) is 17.0. The first-order chi connectivity index (χ1) is 11.9. The van der Waals surface area contributed by atoms with E-state index in [9.17, 15) is 0 Å². The smallest absolute Gasteiger partial charge is 0.0776 e. The van der Waals surface area contributed by atoms with Crippen LogP contribution in [0.5, 0.6) is 0 Å². The first-order valence-electron chi connectivity index (χ1n) is 8.81. The summed E-state index contributed by atoms with van der Waals surface area (Å²) in [5.41, 5.74) is 3.65. The molecule has 130 valence electrons. The van der Waals surface area contributed by atoms with Gasteiger partial charge in [0.15, 0.2) is 0 Å². The third-order valence-corrected chi connectivity index (χ3v) is 7.65. The van der Waals surface area contributed by atoms with E-state index in [1.165, 1.54) is 22.0 Å². The monoisotopic (exact) mass is 370 g/mol. The van der Waals surface area contributed by atoms with Gasteiger partial charge < -0.3 is 4.98 Å². The van der Waals surface area contributed by atoms with E-state index in [1.807, 2.05) is 6.08 Å². The molecule has 2 nitrogen and oxygen atoms in total. The van der Waals surface area contributed by atoms with Crippen LogP contribution in [0.3, 0.4) is 0 Å². The van der Waals surface area contributed by atoms with Crippen LogP contribution in [0.1, 0.15) is 44.2 Å². The van der Waals surface area contributed by atoms with Gasteiger partial charge in [0.25, 0.3) is 0 Å². The predicted octanol–water partition coefficient (Wildman–Crippen LogP) is 5.83. The minimum atomic E-state index is -0.305. The summed E-state index contributed by atoms with van der Waals surface area (Å²) < 4.78 is 0. The molecule has 1 aromatic heterocycles. The van der Waals surface area contributed by atoms with Crippen molar-refractivity contribution in [2.75, 3.05) is 0 Å². The van der Waals surface area contributed by atoms with Crippen molar-refractivity contribution < 1.29 is 0 Å². The van der Waals surface area contributed by atoms with Crippen LogP contribution in [0, 0.1) is 11.3 Å². The SMILES string of the molecule is C=CC1(C)C(Cl)CC2C(c3c[nH]c4cccc(c34)C2(C)C)C1N=C=S. The van der Waals surface area contributed by atoms with Crippen molar-refractivity contribution in [1.29, 1.82) is 0 Å². The van der Waals surface area contributed by atoms with E-state index >= 15 is 0 Å². The number of benzene rings is 1. The number of rotatable bonds is 2. The first-order valence-corrected chi connectivity index (χ1v) is 9.65. The van der Waals surface area contributed by atoms with E-state index in [0.717, 1.165) is 6.42 Å². The molecule has 4 heteroatoms. The maximum absolute atomic E-state index is 6.90. The zero-order chi connectivity index (χ0) is 18.0. The second-order valence-electron chi connectivity index (χ2n) is 8.26. The highest BCUT2D eigenvalue weighted by atomic mass is 35.5. The molecule has 2 aliphatic rings. The summed E-state index contributed by atoms with van der Waals surface area (Å²) in [4.78, 5) is 8.11. The number of halogens is 1. The molecule has 5 atom stereocenters. The van der Waals surface area contributed by atoms with Gasteiger partial charge >= 0.3 is 0 Å². The number of isothiocyanates is 1. The average Bonchev–Trinajstić information content (AvgIpc) is 3.01. The minimum absolute atomic E-state index is 0.0181. The van der Waals surface area contributed by atoms with E-state index in [-0.39, 0.29) is 28.2 Å². The summed E-state index contributed by atoms with van der Waals surface area (Å²) in [7, 11) is 0. The molecule has 0 bridgehead atoms. The Morgan fingerprint density at radius 3 is 2.84 bits per heavy atom. The summed E-state index contributed by atoms with van der Waals surface area (Å²) in [6.07, 6.45) is 5.07. The quantitative estimate of drug-likeness (QED) is 0.306. The number of aromatic nitrogens is 1. The lowest BCUT2D eigenvalue weighted by Gasteiger charge is -2.55. The van der Waals surface area contributed by atoms with Gasteiger partial charge in [-0.1, -0.05) is 39.0 Å². The average molecular weight is 371 g/mol.